The molecule has 1 unspecified atom stereocenters. The number of amides is 2. The van der Waals surface area contributed by atoms with Gasteiger partial charge in [-0.15, -0.1) is 0 Å². The molecule has 0 radical (unpaired) electrons. The van der Waals surface area contributed by atoms with Crippen molar-refractivity contribution in [2.24, 2.45) is 17.3 Å². The molecule has 35 heavy (non-hydrogen) atoms. The number of carboxylic acids is 1. The highest BCUT2D eigenvalue weighted by Crippen LogP contribution is 2.44. The molecule has 1 saturated carbocycles. The molecule has 1 heterocycles. The van der Waals surface area contributed by atoms with E-state index in [9.17, 15) is 19.5 Å². The molecule has 1 saturated heterocycles. The van der Waals surface area contributed by atoms with E-state index in [4.69, 9.17) is 4.74 Å². The van der Waals surface area contributed by atoms with Crippen LogP contribution in [0.1, 0.15) is 50.2 Å². The van der Waals surface area contributed by atoms with Crippen molar-refractivity contribution in [2.75, 3.05) is 19.7 Å². The third-order valence-corrected chi connectivity index (χ3v) is 8.18. The SMILES string of the molecule is C[C@@H]1CN(C(=O)CC(NC(=O)OCC2c3ccccc3-c3ccccc32)C2CC2)C[C@@]1(C)C(=O)O. The van der Waals surface area contributed by atoms with E-state index >= 15 is 0 Å². The molecule has 0 spiro atoms. The molecular weight excluding hydrogens is 444 g/mol. The number of nitrogens with zero attached hydrogens (tertiary/aromatic N) is 1. The fraction of sp³-hybridized carbons (Fsp3) is 0.464. The first-order valence-corrected chi connectivity index (χ1v) is 12.4. The Bertz CT molecular complexity index is 1110. The smallest absolute Gasteiger partial charge is 0.407 e. The van der Waals surface area contributed by atoms with E-state index in [2.05, 4.69) is 29.6 Å². The van der Waals surface area contributed by atoms with Crippen LogP contribution in [0.3, 0.4) is 0 Å². The molecule has 2 amide bonds. The lowest BCUT2D eigenvalue weighted by atomic mass is 9.81. The Morgan fingerprint density at radius 1 is 1.09 bits per heavy atom. The number of hydrogen-bond acceptors (Lipinski definition) is 4. The molecule has 2 N–H and O–H groups in total. The zero-order valence-electron chi connectivity index (χ0n) is 20.2. The van der Waals surface area contributed by atoms with Crippen molar-refractivity contribution in [2.45, 2.75) is 45.1 Å². The van der Waals surface area contributed by atoms with Crippen LogP contribution in [0.25, 0.3) is 11.1 Å². The molecule has 2 aliphatic carbocycles. The summed E-state index contributed by atoms with van der Waals surface area (Å²) in [4.78, 5) is 39.1. The first-order chi connectivity index (χ1) is 16.8. The van der Waals surface area contributed by atoms with Gasteiger partial charge >= 0.3 is 12.1 Å². The van der Waals surface area contributed by atoms with Gasteiger partial charge in [-0.25, -0.2) is 4.79 Å². The minimum atomic E-state index is -0.940. The maximum absolute atomic E-state index is 13.0. The highest BCUT2D eigenvalue weighted by atomic mass is 16.5. The first kappa shape index (κ1) is 23.4. The molecule has 3 atom stereocenters. The van der Waals surface area contributed by atoms with Gasteiger partial charge in [-0.2, -0.15) is 0 Å². The summed E-state index contributed by atoms with van der Waals surface area (Å²) >= 11 is 0. The molecule has 0 aromatic heterocycles. The van der Waals surface area contributed by atoms with Crippen molar-refractivity contribution in [1.29, 1.82) is 0 Å². The second kappa shape index (κ2) is 9.02. The van der Waals surface area contributed by atoms with E-state index in [1.807, 2.05) is 31.2 Å². The van der Waals surface area contributed by atoms with Crippen LogP contribution in [-0.4, -0.2) is 53.7 Å². The number of carbonyl (C=O) groups excluding carboxylic acids is 2. The van der Waals surface area contributed by atoms with Gasteiger partial charge in [0.2, 0.25) is 5.91 Å². The maximum atomic E-state index is 13.0. The fourth-order valence-electron chi connectivity index (χ4n) is 5.56. The lowest BCUT2D eigenvalue weighted by Gasteiger charge is -2.24. The molecule has 2 aromatic rings. The molecule has 7 nitrogen and oxygen atoms in total. The predicted molar refractivity (Wildman–Crippen MR) is 131 cm³/mol. The average Bonchev–Trinajstić information content (AvgIpc) is 3.58. The van der Waals surface area contributed by atoms with Crippen LogP contribution < -0.4 is 5.32 Å². The molecule has 3 aliphatic rings. The van der Waals surface area contributed by atoms with E-state index in [-0.39, 0.29) is 49.3 Å². The van der Waals surface area contributed by atoms with Crippen molar-refractivity contribution in [3.05, 3.63) is 59.7 Å². The Morgan fingerprint density at radius 3 is 2.23 bits per heavy atom. The number of carbonyl (C=O) groups is 3. The van der Waals surface area contributed by atoms with Gasteiger partial charge in [0.15, 0.2) is 0 Å². The molecular formula is C28H32N2O5. The molecule has 2 aromatic carbocycles. The monoisotopic (exact) mass is 476 g/mol. The lowest BCUT2D eigenvalue weighted by Crippen LogP contribution is -2.42. The summed E-state index contributed by atoms with van der Waals surface area (Å²) in [5, 5.41) is 12.5. The fourth-order valence-corrected chi connectivity index (χ4v) is 5.56. The van der Waals surface area contributed by atoms with Gasteiger partial charge in [0.1, 0.15) is 6.61 Å². The number of ether oxygens (including phenoxy) is 1. The topological polar surface area (TPSA) is 95.9 Å². The van der Waals surface area contributed by atoms with Gasteiger partial charge in [-0.1, -0.05) is 55.5 Å². The zero-order chi connectivity index (χ0) is 24.7. The molecule has 7 heteroatoms. The highest BCUT2D eigenvalue weighted by molar-refractivity contribution is 5.82. The van der Waals surface area contributed by atoms with Gasteiger partial charge in [-0.05, 0) is 53.9 Å². The molecule has 0 bridgehead atoms. The van der Waals surface area contributed by atoms with Gasteiger partial charge in [0.25, 0.3) is 0 Å². The number of alkyl carbamates (subject to hydrolysis) is 1. The van der Waals surface area contributed by atoms with Crippen molar-refractivity contribution in [3.63, 3.8) is 0 Å². The van der Waals surface area contributed by atoms with Gasteiger partial charge in [-0.3, -0.25) is 9.59 Å². The van der Waals surface area contributed by atoms with E-state index in [1.165, 1.54) is 11.1 Å². The quantitative estimate of drug-likeness (QED) is 0.622. The number of carboxylic acid groups (broad SMARTS) is 1. The summed E-state index contributed by atoms with van der Waals surface area (Å²) in [7, 11) is 0. The van der Waals surface area contributed by atoms with Crippen molar-refractivity contribution < 1.29 is 24.2 Å². The number of benzene rings is 2. The normalized spacial score (nSPS) is 23.9. The number of hydrogen-bond donors (Lipinski definition) is 2. The number of fused-ring (bicyclic) bond motifs is 3. The van der Waals surface area contributed by atoms with Gasteiger partial charge in [0, 0.05) is 31.5 Å². The Morgan fingerprint density at radius 2 is 1.69 bits per heavy atom. The predicted octanol–water partition coefficient (Wildman–Crippen LogP) is 4.26. The van der Waals surface area contributed by atoms with Crippen LogP contribution in [0.15, 0.2) is 48.5 Å². The summed E-state index contributed by atoms with van der Waals surface area (Å²) in [6, 6.07) is 16.1. The van der Waals surface area contributed by atoms with Crippen LogP contribution in [0.5, 0.6) is 0 Å². The summed E-state index contributed by atoms with van der Waals surface area (Å²) in [5.41, 5.74) is 3.71. The van der Waals surface area contributed by atoms with E-state index in [1.54, 1.807) is 11.8 Å². The van der Waals surface area contributed by atoms with Gasteiger partial charge in [0.05, 0.1) is 5.41 Å². The zero-order valence-corrected chi connectivity index (χ0v) is 20.2. The largest absolute Gasteiger partial charge is 0.481 e. The number of rotatable bonds is 7. The minimum Gasteiger partial charge on any atom is -0.481 e. The summed E-state index contributed by atoms with van der Waals surface area (Å²) in [6.07, 6.45) is 1.58. The van der Waals surface area contributed by atoms with E-state index in [0.29, 0.717) is 6.54 Å². The van der Waals surface area contributed by atoms with Crippen molar-refractivity contribution in [3.8, 4) is 11.1 Å². The third-order valence-electron chi connectivity index (χ3n) is 8.18. The Hall–Kier alpha value is -3.35. The molecule has 2 fully saturated rings. The molecule has 1 aliphatic heterocycles. The van der Waals surface area contributed by atoms with Crippen LogP contribution in [0.4, 0.5) is 4.79 Å². The molecule has 184 valence electrons. The summed E-state index contributed by atoms with van der Waals surface area (Å²) < 4.78 is 5.68. The van der Waals surface area contributed by atoms with Crippen LogP contribution in [-0.2, 0) is 14.3 Å². The Balaban J connectivity index is 1.20. The Kier molecular flexibility index (Phi) is 6.03. The second-order valence-electron chi connectivity index (χ2n) is 10.5. The van der Waals surface area contributed by atoms with E-state index < -0.39 is 17.5 Å². The number of likely N-dealkylation sites (tertiary alicyclic amines) is 1. The number of nitrogens with one attached hydrogen (secondary N) is 1. The highest BCUT2D eigenvalue weighted by Gasteiger charge is 2.48. The van der Waals surface area contributed by atoms with Crippen molar-refractivity contribution in [1.82, 2.24) is 10.2 Å². The van der Waals surface area contributed by atoms with Crippen LogP contribution in [0, 0.1) is 17.3 Å². The summed E-state index contributed by atoms with van der Waals surface area (Å²) in [6.45, 7) is 4.41. The minimum absolute atomic E-state index is 0.0195. The van der Waals surface area contributed by atoms with Crippen LogP contribution in [0.2, 0.25) is 0 Å². The summed E-state index contributed by atoms with van der Waals surface area (Å²) in [5.74, 6) is -0.883. The maximum Gasteiger partial charge on any atom is 0.407 e. The van der Waals surface area contributed by atoms with Gasteiger partial charge < -0.3 is 20.1 Å². The second-order valence-corrected chi connectivity index (χ2v) is 10.5. The third kappa shape index (κ3) is 4.40. The number of aliphatic carboxylic acids is 1. The standard InChI is InChI=1S/C28H32N2O5/c1-17-14-30(16-28(17,2)26(32)33)25(31)13-24(18-11-12-18)29-27(34)35-15-23-21-9-5-3-7-19(21)20-8-4-6-10-22(20)23/h3-10,17-18,23-24H,11-16H2,1-2H3,(H,29,34)(H,32,33)/t17-,24?,28-/m1/s1. The molecule has 5 rings (SSSR count). The Labute approximate surface area is 205 Å². The van der Waals surface area contributed by atoms with Crippen LogP contribution >= 0.6 is 0 Å². The van der Waals surface area contributed by atoms with E-state index in [0.717, 1.165) is 24.0 Å². The first-order valence-electron chi connectivity index (χ1n) is 12.4. The van der Waals surface area contributed by atoms with Crippen molar-refractivity contribution >= 4 is 18.0 Å². The average molecular weight is 477 g/mol. The lowest BCUT2D eigenvalue weighted by molar-refractivity contribution is -0.149.